The van der Waals surface area contributed by atoms with Crippen molar-refractivity contribution < 1.29 is 0 Å². The molecule has 0 saturated heterocycles. The molecule has 3 rings (SSSR count). The second-order valence-electron chi connectivity index (χ2n) is 3.07. The quantitative estimate of drug-likeness (QED) is 0.529. The number of imidazole rings is 1. The van der Waals surface area contributed by atoms with Gasteiger partial charge < -0.3 is 5.32 Å². The van der Waals surface area contributed by atoms with Crippen molar-refractivity contribution in [1.29, 1.82) is 0 Å². The van der Waals surface area contributed by atoms with Crippen LogP contribution < -0.4 is 5.32 Å². The van der Waals surface area contributed by atoms with E-state index in [1.54, 1.807) is 18.7 Å². The minimum atomic E-state index is -0.241. The molecule has 0 saturated carbocycles. The fourth-order valence-electron chi connectivity index (χ4n) is 1.58. The van der Waals surface area contributed by atoms with Crippen molar-refractivity contribution in [2.45, 2.75) is 5.50 Å². The van der Waals surface area contributed by atoms with Gasteiger partial charge in [0, 0.05) is 6.20 Å². The Morgan fingerprint density at radius 3 is 3.36 bits per heavy atom. The highest BCUT2D eigenvalue weighted by Crippen LogP contribution is 2.32. The van der Waals surface area contributed by atoms with Crippen LogP contribution in [0.3, 0.4) is 0 Å². The Hall–Kier alpha value is -1.55. The zero-order valence-corrected chi connectivity index (χ0v) is 7.94. The van der Waals surface area contributed by atoms with Gasteiger partial charge in [0.15, 0.2) is 5.82 Å². The molecule has 2 aromatic rings. The van der Waals surface area contributed by atoms with Crippen LogP contribution in [0.2, 0.25) is 0 Å². The summed E-state index contributed by atoms with van der Waals surface area (Å²) in [6.45, 7) is 0. The molecule has 3 heterocycles. The summed E-state index contributed by atoms with van der Waals surface area (Å²) >= 11 is 6.12. The average Bonchev–Trinajstić information content (AvgIpc) is 2.67. The van der Waals surface area contributed by atoms with Crippen LogP contribution in [0.15, 0.2) is 30.9 Å². The molecule has 0 bridgehead atoms. The van der Waals surface area contributed by atoms with Crippen LogP contribution in [0, 0.1) is 0 Å². The van der Waals surface area contributed by atoms with Crippen molar-refractivity contribution >= 4 is 17.3 Å². The van der Waals surface area contributed by atoms with Crippen LogP contribution in [0.1, 0.15) is 11.2 Å². The Morgan fingerprint density at radius 2 is 2.43 bits per heavy atom. The van der Waals surface area contributed by atoms with Gasteiger partial charge in [-0.15, -0.1) is 0 Å². The lowest BCUT2D eigenvalue weighted by Crippen LogP contribution is -2.17. The molecule has 1 N–H and O–H groups in total. The summed E-state index contributed by atoms with van der Waals surface area (Å²) in [6.07, 6.45) is 5.21. The molecule has 0 aromatic carbocycles. The minimum Gasteiger partial charge on any atom is -0.361 e. The van der Waals surface area contributed by atoms with Gasteiger partial charge in [0.2, 0.25) is 0 Å². The van der Waals surface area contributed by atoms with Crippen LogP contribution in [0.5, 0.6) is 0 Å². The van der Waals surface area contributed by atoms with Crippen molar-refractivity contribution in [2.75, 3.05) is 5.32 Å². The average molecular weight is 207 g/mol. The van der Waals surface area contributed by atoms with E-state index < -0.39 is 0 Å². The number of nitrogens with one attached hydrogen (secondary N) is 1. The zero-order valence-electron chi connectivity index (χ0n) is 7.18. The van der Waals surface area contributed by atoms with E-state index in [-0.39, 0.29) is 5.50 Å². The van der Waals surface area contributed by atoms with Gasteiger partial charge in [-0.05, 0) is 12.1 Å². The number of fused-ring (bicyclic) bond motifs is 3. The van der Waals surface area contributed by atoms with Gasteiger partial charge >= 0.3 is 0 Å². The van der Waals surface area contributed by atoms with Gasteiger partial charge in [0.25, 0.3) is 0 Å². The molecule has 5 heteroatoms. The van der Waals surface area contributed by atoms with Gasteiger partial charge in [0.1, 0.15) is 11.8 Å². The van der Waals surface area contributed by atoms with Gasteiger partial charge in [0.05, 0.1) is 17.6 Å². The van der Waals surface area contributed by atoms with Crippen molar-refractivity contribution in [2.24, 2.45) is 0 Å². The Kier molecular flexibility index (Phi) is 1.52. The fraction of sp³-hybridized carbons (Fsp3) is 0.111. The fourth-order valence-corrected chi connectivity index (χ4v) is 1.86. The monoisotopic (exact) mass is 206 g/mol. The Morgan fingerprint density at radius 1 is 1.50 bits per heavy atom. The Bertz CT molecular complexity index is 479. The number of anilines is 1. The van der Waals surface area contributed by atoms with Crippen molar-refractivity contribution in [3.8, 4) is 5.82 Å². The number of halogens is 1. The van der Waals surface area contributed by atoms with Crippen molar-refractivity contribution in [3.63, 3.8) is 0 Å². The molecule has 70 valence electrons. The van der Waals surface area contributed by atoms with E-state index >= 15 is 0 Å². The van der Waals surface area contributed by atoms with Crippen LogP contribution in [-0.2, 0) is 0 Å². The molecule has 1 aliphatic rings. The summed E-state index contributed by atoms with van der Waals surface area (Å²) in [6, 6.07) is 3.82. The topological polar surface area (TPSA) is 42.7 Å². The number of pyridine rings is 1. The highest BCUT2D eigenvalue weighted by Gasteiger charge is 2.22. The number of nitrogens with zero attached hydrogens (tertiary/aromatic N) is 3. The summed E-state index contributed by atoms with van der Waals surface area (Å²) < 4.78 is 1.89. The van der Waals surface area contributed by atoms with Crippen molar-refractivity contribution in [1.82, 2.24) is 14.5 Å². The van der Waals surface area contributed by atoms with Crippen LogP contribution in [0.4, 0.5) is 5.69 Å². The maximum Gasteiger partial charge on any atom is 0.161 e. The third-order valence-corrected chi connectivity index (χ3v) is 2.56. The molecule has 4 nitrogen and oxygen atoms in total. The largest absolute Gasteiger partial charge is 0.361 e. The summed E-state index contributed by atoms with van der Waals surface area (Å²) in [4.78, 5) is 8.32. The highest BCUT2D eigenvalue weighted by atomic mass is 35.5. The minimum absolute atomic E-state index is 0.241. The molecule has 1 aliphatic heterocycles. The number of alkyl halides is 1. The predicted molar refractivity (Wildman–Crippen MR) is 53.6 cm³/mol. The summed E-state index contributed by atoms with van der Waals surface area (Å²) in [5.41, 5.74) is 1.60. The predicted octanol–water partition coefficient (Wildman–Crippen LogP) is 1.93. The van der Waals surface area contributed by atoms with Gasteiger partial charge in [-0.1, -0.05) is 11.6 Å². The van der Waals surface area contributed by atoms with E-state index in [0.717, 1.165) is 17.2 Å². The molecule has 0 unspecified atom stereocenters. The first-order valence-electron chi connectivity index (χ1n) is 4.24. The van der Waals surface area contributed by atoms with E-state index in [1.165, 1.54) is 0 Å². The van der Waals surface area contributed by atoms with Gasteiger partial charge in [-0.25, -0.2) is 9.97 Å². The van der Waals surface area contributed by atoms with Gasteiger partial charge in [-0.3, -0.25) is 4.57 Å². The smallest absolute Gasteiger partial charge is 0.161 e. The number of rotatable bonds is 0. The SMILES string of the molecule is Cl[C@H]1Nc2cccnc2-n2cncc21. The zero-order chi connectivity index (χ0) is 9.54. The molecule has 0 radical (unpaired) electrons. The Balaban J connectivity index is 2.29. The normalized spacial score (nSPS) is 18.2. The molecule has 0 fully saturated rings. The number of hydrogen-bond donors (Lipinski definition) is 1. The first kappa shape index (κ1) is 7.82. The number of aromatic nitrogens is 3. The molecule has 2 aromatic heterocycles. The standard InChI is InChI=1S/C9H7ClN4/c10-8-7-4-11-5-14(7)9-6(13-8)2-1-3-12-9/h1-5,8,13H/t8-/m0/s1. The lowest BCUT2D eigenvalue weighted by molar-refractivity contribution is 0.854. The number of hydrogen-bond acceptors (Lipinski definition) is 3. The van der Waals surface area contributed by atoms with Crippen LogP contribution in [-0.4, -0.2) is 14.5 Å². The Labute approximate surface area is 85.6 Å². The molecule has 14 heavy (non-hydrogen) atoms. The van der Waals surface area contributed by atoms with Crippen molar-refractivity contribution in [3.05, 3.63) is 36.5 Å². The first-order valence-corrected chi connectivity index (χ1v) is 4.68. The summed E-state index contributed by atoms with van der Waals surface area (Å²) in [5, 5.41) is 3.14. The van der Waals surface area contributed by atoms with E-state index in [2.05, 4.69) is 15.3 Å². The second kappa shape index (κ2) is 2.72. The van der Waals surface area contributed by atoms with Crippen LogP contribution >= 0.6 is 11.6 Å². The second-order valence-corrected chi connectivity index (χ2v) is 3.51. The van der Waals surface area contributed by atoms with E-state index in [9.17, 15) is 0 Å². The van der Waals surface area contributed by atoms with Gasteiger partial charge in [-0.2, -0.15) is 0 Å². The van der Waals surface area contributed by atoms with E-state index in [0.29, 0.717) is 0 Å². The summed E-state index contributed by atoms with van der Waals surface area (Å²) in [5.74, 6) is 0.844. The maximum atomic E-state index is 6.12. The lowest BCUT2D eigenvalue weighted by atomic mass is 10.3. The molecular weight excluding hydrogens is 200 g/mol. The highest BCUT2D eigenvalue weighted by molar-refractivity contribution is 6.22. The molecule has 0 spiro atoms. The molecule has 1 atom stereocenters. The molecular formula is C9H7ClN4. The molecule has 0 aliphatic carbocycles. The van der Waals surface area contributed by atoms with E-state index in [1.807, 2.05) is 16.7 Å². The third-order valence-electron chi connectivity index (χ3n) is 2.22. The van der Waals surface area contributed by atoms with E-state index in [4.69, 9.17) is 11.6 Å². The maximum absolute atomic E-state index is 6.12. The first-order chi connectivity index (χ1) is 6.86. The third kappa shape index (κ3) is 0.943. The summed E-state index contributed by atoms with van der Waals surface area (Å²) in [7, 11) is 0. The lowest BCUT2D eigenvalue weighted by Gasteiger charge is -2.23. The molecule has 0 amide bonds. The van der Waals surface area contributed by atoms with Crippen LogP contribution in [0.25, 0.3) is 5.82 Å².